The Morgan fingerprint density at radius 1 is 0.324 bits per heavy atom. The molecule has 6 heteroatoms. The molecule has 0 amide bonds. The number of rotatable bonds is 50. The molecule has 0 aromatic heterocycles. The molecule has 0 saturated carbocycles. The Morgan fingerprint density at radius 2 is 0.618 bits per heavy atom. The average Bonchev–Trinajstić information content (AvgIpc) is 3.34. The number of unbranched alkanes of at least 4 members (excludes halogenated alkanes) is 24. The van der Waals surface area contributed by atoms with Crippen LogP contribution in [-0.4, -0.2) is 37.2 Å². The lowest BCUT2D eigenvalue weighted by atomic mass is 10.1. The van der Waals surface area contributed by atoms with E-state index < -0.39 is 6.10 Å². The lowest BCUT2D eigenvalue weighted by Crippen LogP contribution is -2.30. The molecule has 388 valence electrons. The van der Waals surface area contributed by atoms with Crippen LogP contribution < -0.4 is 0 Å². The van der Waals surface area contributed by atoms with Crippen LogP contribution in [0.15, 0.2) is 97.2 Å². The molecule has 0 N–H and O–H groups in total. The lowest BCUT2D eigenvalue weighted by molar-refractivity contribution is -0.167. The average molecular weight is 946 g/mol. The largest absolute Gasteiger partial charge is 0.462 e. The van der Waals surface area contributed by atoms with Gasteiger partial charge in [-0.3, -0.25) is 14.4 Å². The number of allylic oxidation sites excluding steroid dienone is 16. The molecule has 0 fully saturated rings. The van der Waals surface area contributed by atoms with Gasteiger partial charge in [0.2, 0.25) is 0 Å². The van der Waals surface area contributed by atoms with Gasteiger partial charge in [-0.2, -0.15) is 0 Å². The van der Waals surface area contributed by atoms with Crippen molar-refractivity contribution in [1.29, 1.82) is 0 Å². The molecule has 1 unspecified atom stereocenters. The van der Waals surface area contributed by atoms with Crippen LogP contribution in [0.2, 0.25) is 0 Å². The number of hydrogen-bond acceptors (Lipinski definition) is 6. The summed E-state index contributed by atoms with van der Waals surface area (Å²) in [5.74, 6) is -0.964. The van der Waals surface area contributed by atoms with Gasteiger partial charge in [0.25, 0.3) is 0 Å². The van der Waals surface area contributed by atoms with Gasteiger partial charge in [-0.25, -0.2) is 0 Å². The summed E-state index contributed by atoms with van der Waals surface area (Å²) in [5, 5.41) is 0. The van der Waals surface area contributed by atoms with Crippen molar-refractivity contribution in [2.75, 3.05) is 13.2 Å². The van der Waals surface area contributed by atoms with Crippen molar-refractivity contribution in [2.24, 2.45) is 0 Å². The van der Waals surface area contributed by atoms with Gasteiger partial charge in [0, 0.05) is 19.3 Å². The summed E-state index contributed by atoms with van der Waals surface area (Å²) in [6.07, 6.45) is 73.9. The molecule has 0 saturated heterocycles. The van der Waals surface area contributed by atoms with Crippen LogP contribution in [0.4, 0.5) is 0 Å². The second kappa shape index (κ2) is 55.9. The van der Waals surface area contributed by atoms with Crippen LogP contribution in [0.25, 0.3) is 0 Å². The van der Waals surface area contributed by atoms with Gasteiger partial charge in [0.15, 0.2) is 6.10 Å². The number of hydrogen-bond donors (Lipinski definition) is 0. The topological polar surface area (TPSA) is 78.9 Å². The van der Waals surface area contributed by atoms with Gasteiger partial charge in [0.05, 0.1) is 0 Å². The fourth-order valence-electron chi connectivity index (χ4n) is 7.57. The van der Waals surface area contributed by atoms with Crippen LogP contribution in [0.3, 0.4) is 0 Å². The van der Waals surface area contributed by atoms with E-state index in [0.29, 0.717) is 12.8 Å². The molecule has 6 nitrogen and oxygen atoms in total. The molecule has 0 aliphatic heterocycles. The third-order valence-corrected chi connectivity index (χ3v) is 11.8. The minimum Gasteiger partial charge on any atom is -0.462 e. The van der Waals surface area contributed by atoms with E-state index in [9.17, 15) is 14.4 Å². The zero-order valence-corrected chi connectivity index (χ0v) is 44.3. The van der Waals surface area contributed by atoms with Crippen molar-refractivity contribution in [3.63, 3.8) is 0 Å². The standard InChI is InChI=1S/C62H104O6/c1-4-7-10-13-16-19-22-25-28-30-31-32-35-37-40-43-46-49-52-55-61(64)67-58-59(57-66-60(63)54-51-48-45-42-39-36-33-27-24-21-18-15-12-9-6-3)68-62(65)56-53-50-47-44-41-38-34-29-26-23-20-17-14-11-8-5-2/h7,10,16,19,21,24-25,28-29,31-32,34,37-38,40-41,59H,4-6,8-9,11-15,17-18,20,22-23,26-27,30,33,35-36,39,42-58H2,1-3H3/b10-7-,19-16-,24-21-,28-25-,32-31-,34-29-,40-37-,41-38-. The molecule has 0 aliphatic rings. The normalized spacial score (nSPS) is 12.8. The summed E-state index contributed by atoms with van der Waals surface area (Å²) >= 11 is 0. The van der Waals surface area contributed by atoms with E-state index >= 15 is 0 Å². The van der Waals surface area contributed by atoms with Crippen LogP contribution in [0.5, 0.6) is 0 Å². The number of carbonyl (C=O) groups excluding carboxylic acids is 3. The van der Waals surface area contributed by atoms with Crippen molar-refractivity contribution >= 4 is 17.9 Å². The van der Waals surface area contributed by atoms with Crippen molar-refractivity contribution in [2.45, 2.75) is 264 Å². The van der Waals surface area contributed by atoms with Gasteiger partial charge >= 0.3 is 17.9 Å². The lowest BCUT2D eigenvalue weighted by Gasteiger charge is -2.18. The highest BCUT2D eigenvalue weighted by atomic mass is 16.6. The van der Waals surface area contributed by atoms with Crippen molar-refractivity contribution in [3.05, 3.63) is 97.2 Å². The van der Waals surface area contributed by atoms with Gasteiger partial charge in [-0.15, -0.1) is 0 Å². The van der Waals surface area contributed by atoms with Crippen molar-refractivity contribution in [1.82, 2.24) is 0 Å². The van der Waals surface area contributed by atoms with Crippen LogP contribution in [0, 0.1) is 0 Å². The maximum Gasteiger partial charge on any atom is 0.306 e. The van der Waals surface area contributed by atoms with E-state index in [1.54, 1.807) is 0 Å². The number of carbonyl (C=O) groups is 3. The summed E-state index contributed by atoms with van der Waals surface area (Å²) in [4.78, 5) is 38.1. The van der Waals surface area contributed by atoms with Crippen LogP contribution >= 0.6 is 0 Å². The summed E-state index contributed by atoms with van der Waals surface area (Å²) in [6.45, 7) is 6.46. The van der Waals surface area contributed by atoms with E-state index in [4.69, 9.17) is 14.2 Å². The summed E-state index contributed by atoms with van der Waals surface area (Å²) in [7, 11) is 0. The zero-order chi connectivity index (χ0) is 49.3. The van der Waals surface area contributed by atoms with Gasteiger partial charge in [-0.1, -0.05) is 221 Å². The molecule has 0 bridgehead atoms. The van der Waals surface area contributed by atoms with E-state index in [0.717, 1.165) is 109 Å². The highest BCUT2D eigenvalue weighted by molar-refractivity contribution is 5.71. The van der Waals surface area contributed by atoms with Gasteiger partial charge in [-0.05, 0) is 116 Å². The molecule has 0 aromatic rings. The highest BCUT2D eigenvalue weighted by Gasteiger charge is 2.19. The first-order valence-corrected chi connectivity index (χ1v) is 28.3. The fraction of sp³-hybridized carbons (Fsp3) is 0.694. The molecule has 0 heterocycles. The Kier molecular flexibility index (Phi) is 52.9. The minimum atomic E-state index is -0.808. The predicted octanol–water partition coefficient (Wildman–Crippen LogP) is 18.9. The minimum absolute atomic E-state index is 0.102. The third-order valence-electron chi connectivity index (χ3n) is 11.8. The van der Waals surface area contributed by atoms with Gasteiger partial charge < -0.3 is 14.2 Å². The van der Waals surface area contributed by atoms with Crippen LogP contribution in [0.1, 0.15) is 258 Å². The monoisotopic (exact) mass is 945 g/mol. The Labute approximate surface area is 419 Å². The number of esters is 3. The molecular weight excluding hydrogens is 841 g/mol. The summed E-state index contributed by atoms with van der Waals surface area (Å²) in [6, 6.07) is 0. The summed E-state index contributed by atoms with van der Waals surface area (Å²) in [5.41, 5.74) is 0. The highest BCUT2D eigenvalue weighted by Crippen LogP contribution is 2.14. The first kappa shape index (κ1) is 64.3. The third kappa shape index (κ3) is 53.3. The second-order valence-electron chi connectivity index (χ2n) is 18.5. The van der Waals surface area contributed by atoms with Crippen LogP contribution in [-0.2, 0) is 28.6 Å². The fourth-order valence-corrected chi connectivity index (χ4v) is 7.57. The zero-order valence-electron chi connectivity index (χ0n) is 44.3. The van der Waals surface area contributed by atoms with Crippen molar-refractivity contribution in [3.8, 4) is 0 Å². The molecule has 0 aromatic carbocycles. The molecule has 1 atom stereocenters. The van der Waals surface area contributed by atoms with Gasteiger partial charge in [0.1, 0.15) is 13.2 Å². The molecule has 0 rings (SSSR count). The van der Waals surface area contributed by atoms with E-state index in [2.05, 4.69) is 118 Å². The maximum absolute atomic E-state index is 12.8. The Hall–Kier alpha value is -3.67. The Balaban J connectivity index is 4.50. The Morgan fingerprint density at radius 3 is 1.03 bits per heavy atom. The quantitative estimate of drug-likeness (QED) is 0.0199. The molecule has 68 heavy (non-hydrogen) atoms. The maximum atomic E-state index is 12.8. The smallest absolute Gasteiger partial charge is 0.306 e. The van der Waals surface area contributed by atoms with E-state index in [-0.39, 0.29) is 37.5 Å². The Bertz CT molecular complexity index is 1360. The summed E-state index contributed by atoms with van der Waals surface area (Å²) < 4.78 is 16.8. The first-order valence-electron chi connectivity index (χ1n) is 28.3. The molecular formula is C62H104O6. The van der Waals surface area contributed by atoms with E-state index in [1.807, 2.05) is 0 Å². The second-order valence-corrected chi connectivity index (χ2v) is 18.5. The predicted molar refractivity (Wildman–Crippen MR) is 293 cm³/mol. The molecule has 0 spiro atoms. The SMILES string of the molecule is CC/C=C\C/C=C\C/C=C\C/C=C\C/C=C\CCCCCC(=O)OCC(COC(=O)CCCCCCCCC/C=C\CCCCCC)OC(=O)CCCCC/C=C\C=C/CCCCCCCCC. The first-order chi connectivity index (χ1) is 33.5. The molecule has 0 aliphatic carbocycles. The van der Waals surface area contributed by atoms with E-state index in [1.165, 1.54) is 109 Å². The van der Waals surface area contributed by atoms with Crippen molar-refractivity contribution < 1.29 is 28.6 Å². The number of ether oxygens (including phenoxy) is 3. The molecule has 0 radical (unpaired) electrons.